The van der Waals surface area contributed by atoms with E-state index in [0.29, 0.717) is 31.5 Å². The first-order chi connectivity index (χ1) is 10.6. The minimum Gasteiger partial charge on any atom is -0.342 e. The number of nitrogens with one attached hydrogen (secondary N) is 1. The lowest BCUT2D eigenvalue weighted by atomic mass is 10.1. The van der Waals surface area contributed by atoms with E-state index in [1.54, 1.807) is 23.2 Å². The van der Waals surface area contributed by atoms with Gasteiger partial charge < -0.3 is 4.90 Å². The van der Waals surface area contributed by atoms with Gasteiger partial charge in [0, 0.05) is 54.0 Å². The number of hydrazone groups is 1. The summed E-state index contributed by atoms with van der Waals surface area (Å²) >= 11 is 1.55. The first-order valence-corrected chi connectivity index (χ1v) is 8.10. The fourth-order valence-corrected chi connectivity index (χ4v) is 3.48. The Morgan fingerprint density at radius 1 is 1.23 bits per heavy atom. The van der Waals surface area contributed by atoms with Gasteiger partial charge in [-0.15, -0.1) is 11.3 Å². The van der Waals surface area contributed by atoms with Crippen molar-refractivity contribution in [2.75, 3.05) is 13.1 Å². The Labute approximate surface area is 132 Å². The summed E-state index contributed by atoms with van der Waals surface area (Å²) in [5.74, 6) is -0.0909. The fraction of sp³-hybridized carbons (Fsp3) is 0.312. The summed E-state index contributed by atoms with van der Waals surface area (Å²) < 4.78 is 1.09. The summed E-state index contributed by atoms with van der Waals surface area (Å²) in [4.78, 5) is 25.3. The van der Waals surface area contributed by atoms with E-state index < -0.39 is 0 Å². The molecular formula is C16H17N3O2S. The standard InChI is InChI=1S/C16H17N3O2S/c1-11(20)19-8-6-12(7-9-19)17-18-16(21)14-10-22-15-5-3-2-4-13(14)15/h2-5,10H,6-9H2,1H3,(H,18,21). The van der Waals surface area contributed by atoms with Crippen LogP contribution in [0.5, 0.6) is 0 Å². The number of hydrogen-bond donors (Lipinski definition) is 1. The molecule has 1 aromatic carbocycles. The van der Waals surface area contributed by atoms with Gasteiger partial charge in [-0.25, -0.2) is 5.43 Å². The minimum atomic E-state index is -0.182. The van der Waals surface area contributed by atoms with E-state index in [2.05, 4.69) is 10.5 Å². The quantitative estimate of drug-likeness (QED) is 0.866. The topological polar surface area (TPSA) is 61.8 Å². The summed E-state index contributed by atoms with van der Waals surface area (Å²) in [5, 5.41) is 7.04. The molecule has 1 aromatic heterocycles. The number of benzene rings is 1. The Hall–Kier alpha value is -2.21. The van der Waals surface area contributed by atoms with Crippen LogP contribution >= 0.6 is 11.3 Å². The molecule has 2 amide bonds. The highest BCUT2D eigenvalue weighted by Gasteiger charge is 2.17. The maximum Gasteiger partial charge on any atom is 0.272 e. The van der Waals surface area contributed by atoms with Crippen LogP contribution in [-0.4, -0.2) is 35.5 Å². The van der Waals surface area contributed by atoms with Gasteiger partial charge in [-0.2, -0.15) is 5.10 Å². The summed E-state index contributed by atoms with van der Waals surface area (Å²) in [5.41, 5.74) is 4.24. The van der Waals surface area contributed by atoms with Crippen molar-refractivity contribution < 1.29 is 9.59 Å². The zero-order valence-electron chi connectivity index (χ0n) is 12.3. The number of fused-ring (bicyclic) bond motifs is 1. The van der Waals surface area contributed by atoms with Gasteiger partial charge in [0.1, 0.15) is 0 Å². The molecule has 0 atom stereocenters. The van der Waals surface area contributed by atoms with Gasteiger partial charge in [0.15, 0.2) is 0 Å². The molecule has 0 radical (unpaired) electrons. The normalized spacial score (nSPS) is 15.0. The molecule has 22 heavy (non-hydrogen) atoms. The summed E-state index contributed by atoms with van der Waals surface area (Å²) in [7, 11) is 0. The van der Waals surface area contributed by atoms with Gasteiger partial charge in [0.25, 0.3) is 5.91 Å². The van der Waals surface area contributed by atoms with Crippen LogP contribution in [0.4, 0.5) is 0 Å². The molecule has 1 N–H and O–H groups in total. The molecule has 0 unspecified atom stereocenters. The van der Waals surface area contributed by atoms with Crippen molar-refractivity contribution in [1.82, 2.24) is 10.3 Å². The fourth-order valence-electron chi connectivity index (χ4n) is 2.54. The summed E-state index contributed by atoms with van der Waals surface area (Å²) in [6, 6.07) is 7.83. The molecule has 114 valence electrons. The van der Waals surface area contributed by atoms with Gasteiger partial charge >= 0.3 is 0 Å². The van der Waals surface area contributed by atoms with Gasteiger partial charge in [-0.1, -0.05) is 18.2 Å². The second-order valence-corrected chi connectivity index (χ2v) is 6.18. The van der Waals surface area contributed by atoms with Crippen LogP contribution in [-0.2, 0) is 4.79 Å². The maximum absolute atomic E-state index is 12.3. The van der Waals surface area contributed by atoms with Gasteiger partial charge in [-0.3, -0.25) is 9.59 Å². The summed E-state index contributed by atoms with van der Waals surface area (Å²) in [6.07, 6.45) is 1.43. The second-order valence-electron chi connectivity index (χ2n) is 5.27. The molecule has 1 aliphatic rings. The van der Waals surface area contributed by atoms with E-state index in [1.165, 1.54) is 0 Å². The Morgan fingerprint density at radius 2 is 1.95 bits per heavy atom. The largest absolute Gasteiger partial charge is 0.342 e. The highest BCUT2D eigenvalue weighted by Crippen LogP contribution is 2.25. The number of hydrogen-bond acceptors (Lipinski definition) is 4. The highest BCUT2D eigenvalue weighted by atomic mass is 32.1. The van der Waals surface area contributed by atoms with E-state index in [1.807, 2.05) is 29.6 Å². The zero-order chi connectivity index (χ0) is 15.5. The van der Waals surface area contributed by atoms with E-state index >= 15 is 0 Å². The van der Waals surface area contributed by atoms with Crippen molar-refractivity contribution in [3.63, 3.8) is 0 Å². The van der Waals surface area contributed by atoms with Crippen LogP contribution in [0.1, 0.15) is 30.1 Å². The first-order valence-electron chi connectivity index (χ1n) is 7.22. The molecule has 0 aliphatic carbocycles. The Bertz CT molecular complexity index is 741. The van der Waals surface area contributed by atoms with Gasteiger partial charge in [0.2, 0.25) is 5.91 Å². The van der Waals surface area contributed by atoms with Gasteiger partial charge in [0.05, 0.1) is 5.56 Å². The van der Waals surface area contributed by atoms with E-state index in [9.17, 15) is 9.59 Å². The monoisotopic (exact) mass is 315 g/mol. The number of carbonyl (C=O) groups is 2. The van der Waals surface area contributed by atoms with E-state index in [0.717, 1.165) is 15.8 Å². The van der Waals surface area contributed by atoms with E-state index in [-0.39, 0.29) is 11.8 Å². The minimum absolute atomic E-state index is 0.0906. The number of piperidine rings is 1. The van der Waals surface area contributed by atoms with Crippen LogP contribution in [0, 0.1) is 0 Å². The van der Waals surface area contributed by atoms with E-state index in [4.69, 9.17) is 0 Å². The summed E-state index contributed by atoms with van der Waals surface area (Å²) in [6.45, 7) is 2.92. The van der Waals surface area contributed by atoms with Crippen molar-refractivity contribution in [3.05, 3.63) is 35.2 Å². The number of nitrogens with zero attached hydrogens (tertiary/aromatic N) is 2. The third kappa shape index (κ3) is 3.01. The molecule has 6 heteroatoms. The van der Waals surface area contributed by atoms with Crippen LogP contribution in [0.25, 0.3) is 10.1 Å². The van der Waals surface area contributed by atoms with Crippen LogP contribution in [0.15, 0.2) is 34.7 Å². The molecule has 1 saturated heterocycles. The molecule has 3 rings (SSSR count). The molecule has 0 spiro atoms. The van der Waals surface area contributed by atoms with Crippen LogP contribution in [0.2, 0.25) is 0 Å². The van der Waals surface area contributed by atoms with Crippen LogP contribution in [0.3, 0.4) is 0 Å². The average molecular weight is 315 g/mol. The lowest BCUT2D eigenvalue weighted by Crippen LogP contribution is -2.37. The third-order valence-corrected chi connectivity index (χ3v) is 4.79. The molecule has 0 saturated carbocycles. The van der Waals surface area contributed by atoms with Crippen molar-refractivity contribution in [2.45, 2.75) is 19.8 Å². The molecule has 5 nitrogen and oxygen atoms in total. The third-order valence-electron chi connectivity index (χ3n) is 3.83. The average Bonchev–Trinajstić information content (AvgIpc) is 2.97. The predicted octanol–water partition coefficient (Wildman–Crippen LogP) is 2.63. The number of rotatable bonds is 2. The molecule has 1 fully saturated rings. The molecular weight excluding hydrogens is 298 g/mol. The van der Waals surface area contributed by atoms with Gasteiger partial charge in [-0.05, 0) is 6.07 Å². The number of carbonyl (C=O) groups excluding carboxylic acids is 2. The number of likely N-dealkylation sites (tertiary alicyclic amines) is 1. The smallest absolute Gasteiger partial charge is 0.272 e. The molecule has 2 aromatic rings. The SMILES string of the molecule is CC(=O)N1CCC(=NNC(=O)c2csc3ccccc23)CC1. The lowest BCUT2D eigenvalue weighted by Gasteiger charge is -2.26. The first kappa shape index (κ1) is 14.7. The molecule has 0 bridgehead atoms. The molecule has 1 aliphatic heterocycles. The van der Waals surface area contributed by atoms with Crippen LogP contribution < -0.4 is 5.43 Å². The van der Waals surface area contributed by atoms with Crippen molar-refractivity contribution in [1.29, 1.82) is 0 Å². The second kappa shape index (κ2) is 6.27. The number of amides is 2. The molecule has 2 heterocycles. The number of thiophene rings is 1. The van der Waals surface area contributed by atoms with Crippen molar-refractivity contribution in [2.24, 2.45) is 5.10 Å². The highest BCUT2D eigenvalue weighted by molar-refractivity contribution is 7.17. The Kier molecular flexibility index (Phi) is 4.20. The van der Waals surface area contributed by atoms with Crippen molar-refractivity contribution >= 4 is 38.9 Å². The lowest BCUT2D eigenvalue weighted by molar-refractivity contribution is -0.128. The Morgan fingerprint density at radius 3 is 2.68 bits per heavy atom. The van der Waals surface area contributed by atoms with Crippen molar-refractivity contribution in [3.8, 4) is 0 Å². The predicted molar refractivity (Wildman–Crippen MR) is 88.2 cm³/mol. The Balaban J connectivity index is 1.65. The zero-order valence-corrected chi connectivity index (χ0v) is 13.2. The maximum atomic E-state index is 12.3.